The molecule has 0 radical (unpaired) electrons. The molecular weight excluding hydrogens is 272 g/mol. The molecule has 0 saturated carbocycles. The molecule has 9 nitrogen and oxygen atoms in total. The zero-order valence-corrected chi connectivity index (χ0v) is 11.4. The minimum absolute atomic E-state index is 0.0264. The first-order valence-electron chi connectivity index (χ1n) is 5.91. The van der Waals surface area contributed by atoms with Gasteiger partial charge < -0.3 is 5.32 Å². The number of sulfonamides is 1. The van der Waals surface area contributed by atoms with Crippen molar-refractivity contribution in [3.05, 3.63) is 6.33 Å². The van der Waals surface area contributed by atoms with Crippen molar-refractivity contribution in [2.75, 3.05) is 19.3 Å². The molecule has 10 heteroatoms. The fraction of sp³-hybridized carbons (Fsp3) is 0.778. The number of carbonyl (C=O) groups excluding carboxylic acids is 1. The summed E-state index contributed by atoms with van der Waals surface area (Å²) >= 11 is 0. The van der Waals surface area contributed by atoms with Gasteiger partial charge in [-0.15, -0.1) is 5.10 Å². The summed E-state index contributed by atoms with van der Waals surface area (Å²) in [6.45, 7) is 0.860. The summed E-state index contributed by atoms with van der Waals surface area (Å²) in [7, 11) is -3.21. The van der Waals surface area contributed by atoms with Crippen molar-refractivity contribution < 1.29 is 13.2 Å². The number of tetrazole rings is 1. The average molecular weight is 288 g/mol. The van der Waals surface area contributed by atoms with Crippen LogP contribution in [0.3, 0.4) is 0 Å². The molecule has 0 unspecified atom stereocenters. The Bertz CT molecular complexity index is 528. The molecule has 0 aliphatic carbocycles. The number of amides is 1. The van der Waals surface area contributed by atoms with Gasteiger partial charge in [0, 0.05) is 19.1 Å². The molecule has 1 aromatic rings. The lowest BCUT2D eigenvalue weighted by Crippen LogP contribution is -2.43. The fourth-order valence-electron chi connectivity index (χ4n) is 2.14. The maximum atomic E-state index is 11.6. The summed E-state index contributed by atoms with van der Waals surface area (Å²) in [6, 6.07) is -0.159. The van der Waals surface area contributed by atoms with Gasteiger partial charge in [-0.05, 0) is 23.3 Å². The number of hydrogen-bond donors (Lipinski definition) is 1. The molecule has 2 heterocycles. The van der Waals surface area contributed by atoms with Crippen LogP contribution in [-0.2, 0) is 21.4 Å². The van der Waals surface area contributed by atoms with E-state index >= 15 is 0 Å². The molecule has 1 N–H and O–H groups in total. The molecular formula is C9H16N6O3S. The molecule has 1 saturated heterocycles. The van der Waals surface area contributed by atoms with Crippen LogP contribution < -0.4 is 5.32 Å². The Balaban J connectivity index is 1.83. The summed E-state index contributed by atoms with van der Waals surface area (Å²) in [5.41, 5.74) is 0. The van der Waals surface area contributed by atoms with E-state index in [1.165, 1.54) is 21.6 Å². The normalized spacial score (nSPS) is 20.6. The minimum Gasteiger partial charge on any atom is -0.353 e. The molecule has 0 aromatic carbocycles. The molecule has 19 heavy (non-hydrogen) atoms. The largest absolute Gasteiger partial charge is 0.353 e. The Labute approximate surface area is 111 Å². The van der Waals surface area contributed by atoms with Crippen LogP contribution in [0.15, 0.2) is 6.33 Å². The van der Waals surface area contributed by atoms with Gasteiger partial charge in [0.2, 0.25) is 15.9 Å². The van der Waals surface area contributed by atoms with Gasteiger partial charge >= 0.3 is 0 Å². The van der Waals surface area contributed by atoms with Gasteiger partial charge in [0.15, 0.2) is 0 Å². The fourth-order valence-corrected chi connectivity index (χ4v) is 3.32. The van der Waals surface area contributed by atoms with Crippen molar-refractivity contribution in [1.82, 2.24) is 29.8 Å². The third kappa shape index (κ3) is 3.70. The highest BCUT2D eigenvalue weighted by molar-refractivity contribution is 7.88. The van der Waals surface area contributed by atoms with E-state index in [1.807, 2.05) is 0 Å². The van der Waals surface area contributed by atoms with E-state index < -0.39 is 10.0 Å². The Hall–Kier alpha value is -1.55. The molecule has 1 aliphatic rings. The molecule has 2 rings (SSSR count). The van der Waals surface area contributed by atoms with E-state index in [4.69, 9.17) is 0 Å². The smallest absolute Gasteiger partial charge is 0.241 e. The zero-order valence-electron chi connectivity index (χ0n) is 10.6. The van der Waals surface area contributed by atoms with Crippen molar-refractivity contribution >= 4 is 15.9 Å². The first-order valence-corrected chi connectivity index (χ1v) is 7.76. The van der Waals surface area contributed by atoms with Gasteiger partial charge in [0.25, 0.3) is 0 Å². The first-order chi connectivity index (χ1) is 8.97. The van der Waals surface area contributed by atoms with Crippen LogP contribution in [0, 0.1) is 0 Å². The van der Waals surface area contributed by atoms with Crippen molar-refractivity contribution in [3.63, 3.8) is 0 Å². The van der Waals surface area contributed by atoms with E-state index in [0.717, 1.165) is 12.8 Å². The summed E-state index contributed by atoms with van der Waals surface area (Å²) in [5.74, 6) is -0.243. The van der Waals surface area contributed by atoms with Crippen LogP contribution in [0.25, 0.3) is 0 Å². The van der Waals surface area contributed by atoms with Gasteiger partial charge in [-0.25, -0.2) is 13.1 Å². The van der Waals surface area contributed by atoms with Crippen molar-refractivity contribution in [2.24, 2.45) is 0 Å². The lowest BCUT2D eigenvalue weighted by molar-refractivity contribution is -0.122. The summed E-state index contributed by atoms with van der Waals surface area (Å²) < 4.78 is 25.8. The standard InChI is InChI=1S/C9H16N6O3S/c1-19(17,18)15-4-2-3-8(15)5-10-9(16)6-14-7-11-12-13-14/h7-8H,2-6H2,1H3,(H,10,16)/t8-/m1/s1. The predicted molar refractivity (Wildman–Crippen MR) is 65.4 cm³/mol. The summed E-state index contributed by atoms with van der Waals surface area (Å²) in [4.78, 5) is 11.6. The second kappa shape index (κ2) is 5.61. The predicted octanol–water partition coefficient (Wildman–Crippen LogP) is -1.79. The van der Waals surface area contributed by atoms with E-state index in [0.29, 0.717) is 13.1 Å². The molecule has 0 bridgehead atoms. The van der Waals surface area contributed by atoms with Crippen LogP contribution >= 0.6 is 0 Å². The highest BCUT2D eigenvalue weighted by Crippen LogP contribution is 2.19. The van der Waals surface area contributed by atoms with Gasteiger partial charge in [-0.1, -0.05) is 0 Å². The minimum atomic E-state index is -3.21. The van der Waals surface area contributed by atoms with Crippen molar-refractivity contribution in [2.45, 2.75) is 25.4 Å². The monoisotopic (exact) mass is 288 g/mol. The number of carbonyl (C=O) groups is 1. The van der Waals surface area contributed by atoms with Gasteiger partial charge in [-0.3, -0.25) is 4.79 Å². The molecule has 1 aromatic heterocycles. The third-order valence-corrected chi connectivity index (χ3v) is 4.31. The Morgan fingerprint density at radius 3 is 2.95 bits per heavy atom. The van der Waals surface area contributed by atoms with Crippen LogP contribution in [0.5, 0.6) is 0 Å². The van der Waals surface area contributed by atoms with Gasteiger partial charge in [-0.2, -0.15) is 4.31 Å². The second-order valence-electron chi connectivity index (χ2n) is 4.48. The maximum Gasteiger partial charge on any atom is 0.241 e. The van der Waals surface area contributed by atoms with E-state index in [1.54, 1.807) is 0 Å². The molecule has 1 fully saturated rings. The van der Waals surface area contributed by atoms with E-state index in [-0.39, 0.29) is 18.5 Å². The van der Waals surface area contributed by atoms with Crippen LogP contribution in [0.2, 0.25) is 0 Å². The molecule has 1 aliphatic heterocycles. The highest BCUT2D eigenvalue weighted by Gasteiger charge is 2.31. The van der Waals surface area contributed by atoms with Crippen molar-refractivity contribution in [1.29, 1.82) is 0 Å². The quantitative estimate of drug-likeness (QED) is 0.685. The van der Waals surface area contributed by atoms with Crippen molar-refractivity contribution in [3.8, 4) is 0 Å². The maximum absolute atomic E-state index is 11.6. The third-order valence-electron chi connectivity index (χ3n) is 2.98. The van der Waals surface area contributed by atoms with E-state index in [9.17, 15) is 13.2 Å². The Morgan fingerprint density at radius 1 is 1.53 bits per heavy atom. The number of rotatable bonds is 5. The number of aromatic nitrogens is 4. The van der Waals surface area contributed by atoms with Gasteiger partial charge in [0.1, 0.15) is 12.9 Å². The Morgan fingerprint density at radius 2 is 2.32 bits per heavy atom. The van der Waals surface area contributed by atoms with Crippen LogP contribution in [-0.4, -0.2) is 64.2 Å². The summed E-state index contributed by atoms with van der Waals surface area (Å²) in [5, 5.41) is 13.1. The molecule has 0 spiro atoms. The first kappa shape index (κ1) is 13.9. The number of nitrogens with zero attached hydrogens (tertiary/aromatic N) is 5. The second-order valence-corrected chi connectivity index (χ2v) is 6.42. The molecule has 1 atom stereocenters. The van der Waals surface area contributed by atoms with Crippen LogP contribution in [0.1, 0.15) is 12.8 Å². The lowest BCUT2D eigenvalue weighted by Gasteiger charge is -2.22. The summed E-state index contributed by atoms with van der Waals surface area (Å²) in [6.07, 6.45) is 4.12. The topological polar surface area (TPSA) is 110 Å². The Kier molecular flexibility index (Phi) is 4.10. The molecule has 1 amide bonds. The number of nitrogens with one attached hydrogen (secondary N) is 1. The molecule has 106 valence electrons. The van der Waals surface area contributed by atoms with E-state index in [2.05, 4.69) is 20.8 Å². The average Bonchev–Trinajstić information content (AvgIpc) is 2.95. The van der Waals surface area contributed by atoms with Crippen LogP contribution in [0.4, 0.5) is 0 Å². The highest BCUT2D eigenvalue weighted by atomic mass is 32.2. The lowest BCUT2D eigenvalue weighted by atomic mass is 10.2. The van der Waals surface area contributed by atoms with Gasteiger partial charge in [0.05, 0.1) is 6.26 Å². The SMILES string of the molecule is CS(=O)(=O)N1CCC[C@@H]1CNC(=O)Cn1cnnn1. The number of hydrogen-bond acceptors (Lipinski definition) is 6. The zero-order chi connectivity index (χ0) is 13.9.